The van der Waals surface area contributed by atoms with Crippen molar-refractivity contribution in [1.29, 1.82) is 0 Å². The predicted octanol–water partition coefficient (Wildman–Crippen LogP) is 2.31. The van der Waals surface area contributed by atoms with Crippen LogP contribution in [-0.2, 0) is 10.1 Å². The van der Waals surface area contributed by atoms with Gasteiger partial charge in [-0.2, -0.15) is 8.42 Å². The van der Waals surface area contributed by atoms with Gasteiger partial charge in [0.15, 0.2) is 0 Å². The first-order valence-corrected chi connectivity index (χ1v) is 8.87. The van der Waals surface area contributed by atoms with Crippen molar-refractivity contribution in [3.8, 4) is 0 Å². The molecule has 0 aliphatic carbocycles. The van der Waals surface area contributed by atoms with Crippen LogP contribution in [0.2, 0.25) is 0 Å². The van der Waals surface area contributed by atoms with E-state index in [0.717, 1.165) is 5.56 Å². The number of rotatable bonds is 1. The molecule has 0 atom stereocenters. The third-order valence-corrected chi connectivity index (χ3v) is 2.19. The van der Waals surface area contributed by atoms with E-state index in [1.807, 2.05) is 6.92 Å². The summed E-state index contributed by atoms with van der Waals surface area (Å²) >= 11 is -8.99. The maximum absolute atomic E-state index is 10.5. The predicted molar refractivity (Wildman–Crippen MR) is 59.4 cm³/mol. The summed E-state index contributed by atoms with van der Waals surface area (Å²) < 4.78 is 79.0. The van der Waals surface area contributed by atoms with Gasteiger partial charge in [-0.25, -0.2) is 0 Å². The van der Waals surface area contributed by atoms with Crippen LogP contribution in [0, 0.1) is 6.92 Å². The molecule has 0 amide bonds. The molecule has 0 saturated heterocycles. The normalized spacial score (nSPS) is 13.4. The Morgan fingerprint density at radius 3 is 1.50 bits per heavy atom. The van der Waals surface area contributed by atoms with E-state index in [2.05, 4.69) is 0 Å². The summed E-state index contributed by atoms with van der Waals surface area (Å²) in [5.41, 5.74) is 0.956. The summed E-state index contributed by atoms with van der Waals surface area (Å²) in [5, 5.41) is 0. The van der Waals surface area contributed by atoms with E-state index in [9.17, 15) is 25.8 Å². The molecule has 0 saturated carbocycles. The molecule has 0 unspecified atom stereocenters. The zero-order valence-corrected chi connectivity index (χ0v) is 11.0. The second-order valence-corrected chi connectivity index (χ2v) is 7.03. The molecular weight excluding hydrogens is 341 g/mol. The minimum absolute atomic E-state index is 0. The Labute approximate surface area is 115 Å². The first kappa shape index (κ1) is 20.3. The Kier molecular flexibility index (Phi) is 7.20. The number of hydrogen-bond donors (Lipinski definition) is 1. The summed E-state index contributed by atoms with van der Waals surface area (Å²) in [5.74, 6) is 0. The van der Waals surface area contributed by atoms with Crippen LogP contribution in [0.3, 0.4) is 0 Å². The molecule has 18 heavy (non-hydrogen) atoms. The van der Waals surface area contributed by atoms with Crippen molar-refractivity contribution in [2.75, 3.05) is 0 Å². The van der Waals surface area contributed by atoms with Gasteiger partial charge in [0.05, 0.1) is 4.90 Å². The molecule has 11 heteroatoms. The van der Waals surface area contributed by atoms with E-state index in [1.165, 1.54) is 12.1 Å². The van der Waals surface area contributed by atoms with Gasteiger partial charge in [-0.1, -0.05) is 17.7 Å². The molecule has 1 rings (SSSR count). The molecule has 1 aromatic carbocycles. The zero-order valence-electron chi connectivity index (χ0n) is 8.32. The Balaban J connectivity index is 0. The van der Waals surface area contributed by atoms with Crippen molar-refractivity contribution >= 4 is 43.8 Å². The van der Waals surface area contributed by atoms with Crippen molar-refractivity contribution in [3.05, 3.63) is 29.8 Å². The third kappa shape index (κ3) is 14.0. The monoisotopic (exact) mass is 350 g/mol. The standard InChI is InChI=1S/C7H8O3S.AsF5.Li.H/c1-6-2-4-7(5-3-6)11(8,9)10;2-1(3,4,5)6;;/h2-5H,1H3,(H,8,9,10);;;. The molecule has 1 aromatic rings. The van der Waals surface area contributed by atoms with E-state index in [4.69, 9.17) is 4.55 Å². The maximum atomic E-state index is 10.5. The van der Waals surface area contributed by atoms with E-state index in [-0.39, 0.29) is 23.8 Å². The van der Waals surface area contributed by atoms with Gasteiger partial charge in [0.2, 0.25) is 0 Å². The minimum atomic E-state index is -8.99. The average Bonchev–Trinajstić information content (AvgIpc) is 1.98. The molecule has 0 spiro atoms. The summed E-state index contributed by atoms with van der Waals surface area (Å²) in [4.78, 5) is -0.0666. The molecular formula is C7H9AsF5LiO3S. The molecule has 1 N–H and O–H groups in total. The summed E-state index contributed by atoms with van der Waals surface area (Å²) in [6, 6.07) is 5.99. The van der Waals surface area contributed by atoms with Crippen LogP contribution in [-0.4, -0.2) is 46.6 Å². The van der Waals surface area contributed by atoms with Crippen LogP contribution in [0.5, 0.6) is 0 Å². The van der Waals surface area contributed by atoms with Crippen LogP contribution in [0.4, 0.5) is 17.3 Å². The fourth-order valence-electron chi connectivity index (χ4n) is 0.710. The molecule has 0 radical (unpaired) electrons. The van der Waals surface area contributed by atoms with Crippen LogP contribution in [0.25, 0.3) is 0 Å². The zero-order chi connectivity index (χ0) is 13.9. The molecule has 0 aliphatic rings. The number of benzene rings is 1. The Bertz CT molecular complexity index is 465. The molecule has 0 aliphatic heterocycles. The molecule has 0 bridgehead atoms. The quantitative estimate of drug-likeness (QED) is 0.481. The van der Waals surface area contributed by atoms with Gasteiger partial charge in [-0.05, 0) is 19.1 Å². The van der Waals surface area contributed by atoms with Crippen LogP contribution in [0.1, 0.15) is 5.56 Å². The summed E-state index contributed by atoms with van der Waals surface area (Å²) in [6.07, 6.45) is 0. The molecule has 0 heterocycles. The van der Waals surface area contributed by atoms with Crippen LogP contribution >= 0.6 is 0 Å². The van der Waals surface area contributed by atoms with Crippen molar-refractivity contribution < 1.29 is 30.3 Å². The van der Waals surface area contributed by atoms with Crippen molar-refractivity contribution in [1.82, 2.24) is 0 Å². The van der Waals surface area contributed by atoms with Gasteiger partial charge >= 0.3 is 51.0 Å². The van der Waals surface area contributed by atoms with E-state index in [1.54, 1.807) is 12.1 Å². The summed E-state index contributed by atoms with van der Waals surface area (Å²) in [6.45, 7) is 1.84. The van der Waals surface area contributed by atoms with Gasteiger partial charge < -0.3 is 0 Å². The SMILES string of the molecule is Cc1ccc(S(=O)(=O)O)cc1.F[As](F)(F)(F)F.[LiH]. The number of aryl methyl sites for hydroxylation is 1. The number of hydrogen-bond acceptors (Lipinski definition) is 2. The van der Waals surface area contributed by atoms with Crippen LogP contribution < -0.4 is 0 Å². The Hall–Kier alpha value is -0.0642. The fourth-order valence-corrected chi connectivity index (χ4v) is 1.19. The topological polar surface area (TPSA) is 54.4 Å². The van der Waals surface area contributed by atoms with Crippen LogP contribution in [0.15, 0.2) is 29.2 Å². The molecule has 102 valence electrons. The fraction of sp³-hybridized carbons (Fsp3) is 0.143. The van der Waals surface area contributed by atoms with E-state index >= 15 is 0 Å². The van der Waals surface area contributed by atoms with E-state index < -0.39 is 24.9 Å². The number of halogens is 5. The molecule has 0 aromatic heterocycles. The first-order valence-electron chi connectivity index (χ1n) is 3.89. The first-order chi connectivity index (χ1) is 7.24. The van der Waals surface area contributed by atoms with E-state index in [0.29, 0.717) is 0 Å². The third-order valence-electron chi connectivity index (χ3n) is 1.32. The molecule has 0 fully saturated rings. The second kappa shape index (κ2) is 6.39. The van der Waals surface area contributed by atoms with Gasteiger partial charge in [-0.15, -0.1) is 0 Å². The average molecular weight is 350 g/mol. The summed E-state index contributed by atoms with van der Waals surface area (Å²) in [7, 11) is -4.02. The van der Waals surface area contributed by atoms with Crippen molar-refractivity contribution in [3.63, 3.8) is 0 Å². The molecule has 3 nitrogen and oxygen atoms in total. The second-order valence-electron chi connectivity index (χ2n) is 2.93. The van der Waals surface area contributed by atoms with Gasteiger partial charge in [0.1, 0.15) is 0 Å². The Morgan fingerprint density at radius 1 is 1.00 bits per heavy atom. The van der Waals surface area contributed by atoms with Crippen molar-refractivity contribution in [2.45, 2.75) is 11.8 Å². The van der Waals surface area contributed by atoms with Crippen molar-refractivity contribution in [2.24, 2.45) is 0 Å². The van der Waals surface area contributed by atoms with Gasteiger partial charge in [-0.3, -0.25) is 4.55 Å². The Morgan fingerprint density at radius 2 is 1.28 bits per heavy atom. The van der Waals surface area contributed by atoms with Gasteiger partial charge in [0, 0.05) is 0 Å². The van der Waals surface area contributed by atoms with Gasteiger partial charge in [0.25, 0.3) is 10.1 Å².